The molecule has 2 heterocycles. The Balaban J connectivity index is 1.41. The highest BCUT2D eigenvalue weighted by molar-refractivity contribution is 6.04. The number of oxime groups is 1. The molecule has 59 heavy (non-hydrogen) atoms. The van der Waals surface area contributed by atoms with Crippen LogP contribution >= 0.6 is 0 Å². The van der Waals surface area contributed by atoms with E-state index in [0.29, 0.717) is 55.9 Å². The summed E-state index contributed by atoms with van der Waals surface area (Å²) in [6.07, 6.45) is 9.96. The van der Waals surface area contributed by atoms with E-state index in [1.807, 2.05) is 78.6 Å². The van der Waals surface area contributed by atoms with Gasteiger partial charge in [-0.1, -0.05) is 73.5 Å². The molecular weight excluding hydrogens is 743 g/mol. The average molecular weight is 802 g/mol. The van der Waals surface area contributed by atoms with Crippen molar-refractivity contribution in [2.24, 2.45) is 22.9 Å². The van der Waals surface area contributed by atoms with Gasteiger partial charge in [-0.2, -0.15) is 0 Å². The number of carbonyl (C=O) groups is 1. The summed E-state index contributed by atoms with van der Waals surface area (Å²) in [5.41, 5.74) is 5.14. The van der Waals surface area contributed by atoms with E-state index in [1.165, 1.54) is 0 Å². The van der Waals surface area contributed by atoms with Crippen molar-refractivity contribution in [2.75, 3.05) is 33.5 Å². The van der Waals surface area contributed by atoms with E-state index < -0.39 is 17.7 Å². The second-order valence-electron chi connectivity index (χ2n) is 16.1. The van der Waals surface area contributed by atoms with Gasteiger partial charge in [-0.3, -0.25) is 9.78 Å². The molecule has 6 atom stereocenters. The van der Waals surface area contributed by atoms with Gasteiger partial charge < -0.3 is 34.2 Å². The minimum Gasteiger partial charge on any atom is -0.487 e. The van der Waals surface area contributed by atoms with Crippen LogP contribution in [0.15, 0.2) is 108 Å². The van der Waals surface area contributed by atoms with E-state index in [2.05, 4.69) is 36.7 Å². The number of pyridine rings is 1. The topological polar surface area (TPSA) is 123 Å². The normalized spacial score (nSPS) is 23.8. The predicted octanol–water partition coefficient (Wildman–Crippen LogP) is 8.94. The van der Waals surface area contributed by atoms with E-state index in [-0.39, 0.29) is 43.5 Å². The number of nitrogens with zero attached hydrogens (tertiary/aromatic N) is 3. The van der Waals surface area contributed by atoms with Gasteiger partial charge in [0.25, 0.3) is 5.91 Å². The lowest BCUT2D eigenvalue weighted by Crippen LogP contribution is -2.70. The van der Waals surface area contributed by atoms with Crippen LogP contribution in [0.2, 0.25) is 0 Å². The highest BCUT2D eigenvalue weighted by atomic mass is 16.7. The molecule has 0 bridgehead atoms. The first-order chi connectivity index (χ1) is 28.8. The van der Waals surface area contributed by atoms with Gasteiger partial charge in [0.2, 0.25) is 5.79 Å². The summed E-state index contributed by atoms with van der Waals surface area (Å²) in [4.78, 5) is 27.3. The van der Waals surface area contributed by atoms with Gasteiger partial charge in [0.15, 0.2) is 0 Å². The molecule has 0 spiro atoms. The van der Waals surface area contributed by atoms with Crippen molar-refractivity contribution in [1.82, 2.24) is 9.88 Å². The highest BCUT2D eigenvalue weighted by Crippen LogP contribution is 2.62. The maximum atomic E-state index is 15.1. The molecule has 10 heteroatoms. The first-order valence-electron chi connectivity index (χ1n) is 21.3. The highest BCUT2D eigenvalue weighted by Gasteiger charge is 2.65. The standard InChI is InChI=1S/C49H59N3O7/c1-5-24-52(48(55)37-21-20-34-15-7-8-16-35(34)28-37)45-31-43(51-56-4)41-29-36(17-9-11-25-53)40(19-10-12-26-54)46-42-30-39(57-32-38-18-13-14-33(3)50-38)22-23-44(42)59-49(45,47(41)46)58-27-6-2/h6-8,13-16,18,20-23,28-30,36,40,45-47,53-54H,2,5,9-12,17,19,24-27,31-32H2,1,3-4H3/t36-,40+,45-,46+,47+,49+/m0/s1. The number of allylic oxidation sites excluding steroid dienone is 1. The monoisotopic (exact) mass is 801 g/mol. The Morgan fingerprint density at radius 3 is 2.54 bits per heavy atom. The molecule has 312 valence electrons. The van der Waals surface area contributed by atoms with Gasteiger partial charge in [0.1, 0.15) is 31.3 Å². The van der Waals surface area contributed by atoms with E-state index >= 15 is 4.79 Å². The number of unbranched alkanes of at least 4 members (excludes halogenated alkanes) is 2. The largest absolute Gasteiger partial charge is 0.487 e. The molecule has 2 aliphatic carbocycles. The Labute approximate surface area is 348 Å². The van der Waals surface area contributed by atoms with Crippen molar-refractivity contribution in [3.05, 3.63) is 126 Å². The summed E-state index contributed by atoms with van der Waals surface area (Å²) in [6.45, 7) is 9.33. The number of ether oxygens (including phenoxy) is 3. The van der Waals surface area contributed by atoms with Crippen molar-refractivity contribution < 1.29 is 34.1 Å². The summed E-state index contributed by atoms with van der Waals surface area (Å²) < 4.78 is 20.9. The number of benzene rings is 3. The number of fused-ring (bicyclic) bond motifs is 3. The fraction of sp³-hybridized carbons (Fsp3) is 0.449. The van der Waals surface area contributed by atoms with Crippen LogP contribution in [0.25, 0.3) is 10.8 Å². The molecule has 1 aliphatic heterocycles. The van der Waals surface area contributed by atoms with Crippen molar-refractivity contribution in [1.29, 1.82) is 0 Å². The third-order valence-corrected chi connectivity index (χ3v) is 12.3. The molecule has 1 saturated carbocycles. The lowest BCUT2D eigenvalue weighted by atomic mass is 9.55. The summed E-state index contributed by atoms with van der Waals surface area (Å²) in [5, 5.41) is 26.6. The molecule has 1 amide bonds. The molecule has 4 aromatic rings. The molecule has 0 unspecified atom stereocenters. The van der Waals surface area contributed by atoms with Gasteiger partial charge in [-0.05, 0) is 110 Å². The molecule has 2 N–H and O–H groups in total. The Morgan fingerprint density at radius 2 is 1.80 bits per heavy atom. The van der Waals surface area contributed by atoms with Crippen molar-refractivity contribution >= 4 is 22.4 Å². The fourth-order valence-electron chi connectivity index (χ4n) is 9.81. The van der Waals surface area contributed by atoms with Gasteiger partial charge in [-0.25, -0.2) is 0 Å². The number of aliphatic hydroxyl groups is 2. The Hall–Kier alpha value is -5.03. The molecule has 7 rings (SSSR count). The predicted molar refractivity (Wildman–Crippen MR) is 231 cm³/mol. The first kappa shape index (κ1) is 42.1. The number of aliphatic hydroxyl groups excluding tert-OH is 2. The second-order valence-corrected chi connectivity index (χ2v) is 16.1. The lowest BCUT2D eigenvalue weighted by Gasteiger charge is -2.60. The van der Waals surface area contributed by atoms with E-state index in [4.69, 9.17) is 24.2 Å². The quantitative estimate of drug-likeness (QED) is 0.0548. The van der Waals surface area contributed by atoms with Crippen molar-refractivity contribution in [3.8, 4) is 11.5 Å². The van der Waals surface area contributed by atoms with Gasteiger partial charge in [0, 0.05) is 48.9 Å². The number of rotatable bonds is 19. The van der Waals surface area contributed by atoms with Crippen LogP contribution in [0.4, 0.5) is 0 Å². The Morgan fingerprint density at radius 1 is 1.00 bits per heavy atom. The third-order valence-electron chi connectivity index (χ3n) is 12.3. The zero-order chi connectivity index (χ0) is 41.4. The Kier molecular flexibility index (Phi) is 13.8. The minimum atomic E-state index is -1.33. The zero-order valence-corrected chi connectivity index (χ0v) is 34.7. The van der Waals surface area contributed by atoms with Crippen LogP contribution in [0.1, 0.15) is 91.5 Å². The number of hydrogen-bond acceptors (Lipinski definition) is 9. The number of carbonyl (C=O) groups excluding carboxylic acids is 1. The van der Waals surface area contributed by atoms with Crippen LogP contribution in [-0.4, -0.2) is 77.0 Å². The smallest absolute Gasteiger partial charge is 0.254 e. The molecule has 0 saturated heterocycles. The maximum Gasteiger partial charge on any atom is 0.254 e. The summed E-state index contributed by atoms with van der Waals surface area (Å²) >= 11 is 0. The van der Waals surface area contributed by atoms with E-state index in [0.717, 1.165) is 64.7 Å². The van der Waals surface area contributed by atoms with Crippen molar-refractivity contribution in [3.63, 3.8) is 0 Å². The van der Waals surface area contributed by atoms with Crippen LogP contribution in [0.3, 0.4) is 0 Å². The summed E-state index contributed by atoms with van der Waals surface area (Å²) in [7, 11) is 1.57. The number of hydrogen-bond donors (Lipinski definition) is 2. The van der Waals surface area contributed by atoms with Crippen LogP contribution in [-0.2, 0) is 16.2 Å². The van der Waals surface area contributed by atoms with Crippen LogP contribution in [0, 0.1) is 24.7 Å². The zero-order valence-electron chi connectivity index (χ0n) is 34.7. The molecule has 0 radical (unpaired) electrons. The number of aryl methyl sites for hydroxylation is 1. The van der Waals surface area contributed by atoms with Crippen LogP contribution in [0.5, 0.6) is 11.5 Å². The Bertz CT molecular complexity index is 2150. The molecule has 3 aliphatic rings. The average Bonchev–Trinajstić information content (AvgIpc) is 3.25. The van der Waals surface area contributed by atoms with E-state index in [9.17, 15) is 10.2 Å². The minimum absolute atomic E-state index is 0.106. The molecule has 3 aromatic carbocycles. The lowest BCUT2D eigenvalue weighted by molar-refractivity contribution is -0.254. The van der Waals surface area contributed by atoms with Gasteiger partial charge >= 0.3 is 0 Å². The fourth-order valence-corrected chi connectivity index (χ4v) is 9.81. The van der Waals surface area contributed by atoms with Gasteiger partial charge in [-0.15, -0.1) is 6.58 Å². The maximum absolute atomic E-state index is 15.1. The van der Waals surface area contributed by atoms with E-state index in [1.54, 1.807) is 13.2 Å². The summed E-state index contributed by atoms with van der Waals surface area (Å²) in [5.74, 6) is -0.351. The second kappa shape index (κ2) is 19.4. The molecule has 10 nitrogen and oxygen atoms in total. The van der Waals surface area contributed by atoms with Gasteiger partial charge in [0.05, 0.1) is 23.9 Å². The SMILES string of the molecule is C=CCO[C@@]12Oc3ccc(OCc4cccc(C)n4)cc3[C@H]3[C@H](CCCCO)[C@@H](CCCCO)C=C(C(=NOC)C[C@@H]1N(CCC)C(=O)c1ccc4ccccc4c1)[C@H]32. The molecule has 1 aromatic heterocycles. The molecule has 1 fully saturated rings. The third kappa shape index (κ3) is 8.81. The number of aromatic nitrogens is 1. The number of amides is 1. The summed E-state index contributed by atoms with van der Waals surface area (Å²) in [6, 6.07) is 25.3. The molecular formula is C49H59N3O7. The van der Waals surface area contributed by atoms with Crippen LogP contribution < -0.4 is 9.47 Å². The first-order valence-corrected chi connectivity index (χ1v) is 21.3. The van der Waals surface area contributed by atoms with Crippen molar-refractivity contribution in [2.45, 2.75) is 89.6 Å².